The molecule has 0 bridgehead atoms. The van der Waals surface area contributed by atoms with Crippen molar-refractivity contribution < 1.29 is 23.9 Å². The monoisotopic (exact) mass is 660 g/mol. The van der Waals surface area contributed by atoms with Gasteiger partial charge in [0.25, 0.3) is 17.7 Å². The second-order valence-electron chi connectivity index (χ2n) is 11.2. The number of hydrogen-bond donors (Lipinski definition) is 0. The van der Waals surface area contributed by atoms with Crippen molar-refractivity contribution in [2.45, 2.75) is 31.5 Å². The molecule has 0 aromatic heterocycles. The molecule has 0 unspecified atom stereocenters. The molecule has 3 aromatic carbocycles. The molecule has 0 N–H and O–H groups in total. The zero-order chi connectivity index (χ0) is 35.0. The van der Waals surface area contributed by atoms with Crippen LogP contribution < -0.4 is 0 Å². The van der Waals surface area contributed by atoms with E-state index in [4.69, 9.17) is 5.53 Å². The van der Waals surface area contributed by atoms with Crippen LogP contribution in [0.5, 0.6) is 0 Å². The van der Waals surface area contributed by atoms with Gasteiger partial charge in [-0.2, -0.15) is 0 Å². The fourth-order valence-electron chi connectivity index (χ4n) is 5.54. The highest BCUT2D eigenvalue weighted by Gasteiger charge is 2.31. The van der Waals surface area contributed by atoms with Crippen molar-refractivity contribution in [3.8, 4) is 0 Å². The Bertz CT molecular complexity index is 1700. The summed E-state index contributed by atoms with van der Waals surface area (Å²) in [5.41, 5.74) is 10.3. The van der Waals surface area contributed by atoms with E-state index in [9.17, 15) is 19.2 Å². The fourth-order valence-corrected chi connectivity index (χ4v) is 5.54. The first-order valence-electron chi connectivity index (χ1n) is 16.1. The van der Waals surface area contributed by atoms with Crippen molar-refractivity contribution in [2.75, 3.05) is 33.3 Å². The summed E-state index contributed by atoms with van der Waals surface area (Å²) < 4.78 is 4.67. The quantitative estimate of drug-likeness (QED) is 0.0993. The van der Waals surface area contributed by atoms with Crippen molar-refractivity contribution in [1.82, 2.24) is 14.7 Å². The van der Waals surface area contributed by atoms with E-state index in [1.807, 2.05) is 71.6 Å². The van der Waals surface area contributed by atoms with Gasteiger partial charge in [-0.25, -0.2) is 4.79 Å². The van der Waals surface area contributed by atoms with Gasteiger partial charge in [0.2, 0.25) is 0 Å². The minimum atomic E-state index is -0.604. The molecule has 11 heteroatoms. The van der Waals surface area contributed by atoms with Crippen LogP contribution in [0.1, 0.15) is 44.4 Å². The molecule has 6 rings (SSSR count). The standard InChI is InChI=1S/C13H13NO3.C13H15NO.C12H12N4O/c1-17-13(16)11-8-5-9-14(11)12(15)10-6-3-2-4-7-10;1-2-12-9-6-10-14(12)13(15)11-7-4-3-5-8-11;13-15-14-9-11-7-4-8-16(11)12(17)10-5-2-1-3-6-10/h2-8,11H,9H2,1H3;3-9,12H,2,10H2,1H3;1-7,11H,8-9H2/t11-;12-;11-/m010/s1. The fraction of sp³-hybridized carbons (Fsp3) is 0.263. The van der Waals surface area contributed by atoms with Gasteiger partial charge in [-0.05, 0) is 48.4 Å². The molecule has 0 saturated heterocycles. The number of carbonyl (C=O) groups is 4. The summed E-state index contributed by atoms with van der Waals surface area (Å²) in [6, 6.07) is 27.0. The summed E-state index contributed by atoms with van der Waals surface area (Å²) in [5, 5.41) is 3.52. The van der Waals surface area contributed by atoms with E-state index in [0.717, 1.165) is 18.5 Å². The maximum absolute atomic E-state index is 12.2. The topological polar surface area (TPSA) is 136 Å². The van der Waals surface area contributed by atoms with Crippen LogP contribution in [0.2, 0.25) is 0 Å². The Balaban J connectivity index is 0.000000166. The van der Waals surface area contributed by atoms with E-state index in [0.29, 0.717) is 24.2 Å². The zero-order valence-corrected chi connectivity index (χ0v) is 27.6. The van der Waals surface area contributed by atoms with E-state index < -0.39 is 12.0 Å². The zero-order valence-electron chi connectivity index (χ0n) is 27.6. The average Bonchev–Trinajstić information content (AvgIpc) is 3.96. The molecule has 11 nitrogen and oxygen atoms in total. The Labute approximate surface area is 286 Å². The number of hydrogen-bond acceptors (Lipinski definition) is 6. The van der Waals surface area contributed by atoms with Crippen LogP contribution in [0.15, 0.2) is 133 Å². The summed E-state index contributed by atoms with van der Waals surface area (Å²) in [7, 11) is 1.32. The highest BCUT2D eigenvalue weighted by atomic mass is 16.5. The Morgan fingerprint density at radius 2 is 1.08 bits per heavy atom. The third-order valence-electron chi connectivity index (χ3n) is 8.12. The van der Waals surface area contributed by atoms with E-state index >= 15 is 0 Å². The Morgan fingerprint density at radius 3 is 1.53 bits per heavy atom. The van der Waals surface area contributed by atoms with Gasteiger partial charge in [-0.15, -0.1) is 0 Å². The lowest BCUT2D eigenvalue weighted by molar-refractivity contribution is -0.143. The van der Waals surface area contributed by atoms with Crippen LogP contribution in [0.3, 0.4) is 0 Å². The molecule has 0 radical (unpaired) electrons. The number of esters is 1. The molecule has 252 valence electrons. The number of carbonyl (C=O) groups excluding carboxylic acids is 4. The lowest BCUT2D eigenvalue weighted by atomic mass is 10.1. The van der Waals surface area contributed by atoms with Crippen LogP contribution in [0, 0.1) is 0 Å². The smallest absolute Gasteiger partial charge is 0.332 e. The van der Waals surface area contributed by atoms with Crippen LogP contribution in [0.25, 0.3) is 10.4 Å². The third-order valence-corrected chi connectivity index (χ3v) is 8.12. The van der Waals surface area contributed by atoms with E-state index in [2.05, 4.69) is 33.8 Å². The van der Waals surface area contributed by atoms with Crippen molar-refractivity contribution in [1.29, 1.82) is 0 Å². The van der Waals surface area contributed by atoms with Gasteiger partial charge in [0.1, 0.15) is 6.04 Å². The first-order chi connectivity index (χ1) is 23.9. The van der Waals surface area contributed by atoms with Crippen LogP contribution in [-0.4, -0.2) is 89.8 Å². The number of methoxy groups -OCH3 is 1. The minimum absolute atomic E-state index is 0.0336. The molecule has 0 saturated carbocycles. The molecule has 3 aromatic rings. The first kappa shape index (κ1) is 35.9. The maximum atomic E-state index is 12.2. The molecule has 0 fully saturated rings. The first-order valence-corrected chi connectivity index (χ1v) is 16.1. The molecule has 3 atom stereocenters. The summed E-state index contributed by atoms with van der Waals surface area (Å²) in [5.74, 6) is -0.477. The third kappa shape index (κ3) is 9.56. The highest BCUT2D eigenvalue weighted by Crippen LogP contribution is 2.18. The lowest BCUT2D eigenvalue weighted by Crippen LogP contribution is -2.41. The number of benzene rings is 3. The molecular weight excluding hydrogens is 620 g/mol. The summed E-state index contributed by atoms with van der Waals surface area (Å²) in [6.07, 6.45) is 12.5. The van der Waals surface area contributed by atoms with Gasteiger partial charge in [-0.1, -0.05) is 103 Å². The molecule has 0 spiro atoms. The molecule has 3 amide bonds. The number of amides is 3. The van der Waals surface area contributed by atoms with Crippen molar-refractivity contribution in [3.63, 3.8) is 0 Å². The normalized spacial score (nSPS) is 18.5. The Morgan fingerprint density at radius 1 is 0.673 bits per heavy atom. The van der Waals surface area contributed by atoms with Gasteiger partial charge in [0.15, 0.2) is 0 Å². The predicted molar refractivity (Wildman–Crippen MR) is 188 cm³/mol. The predicted octanol–water partition coefficient (Wildman–Crippen LogP) is 6.09. The van der Waals surface area contributed by atoms with Gasteiger partial charge in [-0.3, -0.25) is 14.4 Å². The van der Waals surface area contributed by atoms with Crippen LogP contribution >= 0.6 is 0 Å². The summed E-state index contributed by atoms with van der Waals surface area (Å²) in [4.78, 5) is 55.7. The van der Waals surface area contributed by atoms with Crippen LogP contribution in [-0.2, 0) is 9.53 Å². The van der Waals surface area contributed by atoms with Gasteiger partial charge >= 0.3 is 5.97 Å². The summed E-state index contributed by atoms with van der Waals surface area (Å²) >= 11 is 0. The number of ether oxygens (including phenoxy) is 1. The van der Waals surface area contributed by atoms with Gasteiger partial charge in [0.05, 0.1) is 19.2 Å². The molecule has 0 aliphatic carbocycles. The second kappa shape index (κ2) is 18.4. The largest absolute Gasteiger partial charge is 0.467 e. The Hall–Kier alpha value is -5.93. The van der Waals surface area contributed by atoms with E-state index in [-0.39, 0.29) is 36.3 Å². The SMILES string of the molecule is CC[C@@H]1C=CCN1C(=O)c1ccccc1.COC(=O)[C@@H]1C=CCN1C(=O)c1ccccc1.[N-]=[N+]=NC[C@@H]1C=CCN1C(=O)c1ccccc1. The molecule has 3 heterocycles. The van der Waals surface area contributed by atoms with E-state index in [1.165, 1.54) is 12.0 Å². The lowest BCUT2D eigenvalue weighted by Gasteiger charge is -2.23. The van der Waals surface area contributed by atoms with Crippen LogP contribution in [0.4, 0.5) is 0 Å². The summed E-state index contributed by atoms with van der Waals surface area (Å²) in [6.45, 7) is 4.14. The molecular formula is C38H40N6O5. The number of nitrogens with zero attached hydrogens (tertiary/aromatic N) is 6. The highest BCUT2D eigenvalue weighted by molar-refractivity contribution is 5.98. The molecule has 49 heavy (non-hydrogen) atoms. The minimum Gasteiger partial charge on any atom is -0.467 e. The maximum Gasteiger partial charge on any atom is 0.332 e. The van der Waals surface area contributed by atoms with Gasteiger partial charge < -0.3 is 19.4 Å². The van der Waals surface area contributed by atoms with Crippen molar-refractivity contribution in [2.24, 2.45) is 5.11 Å². The average molecular weight is 661 g/mol. The number of rotatable bonds is 7. The van der Waals surface area contributed by atoms with Crippen molar-refractivity contribution in [3.05, 3.63) is 155 Å². The Kier molecular flexibility index (Phi) is 13.5. The van der Waals surface area contributed by atoms with E-state index in [1.54, 1.807) is 53.5 Å². The van der Waals surface area contributed by atoms with Crippen molar-refractivity contribution >= 4 is 23.7 Å². The molecule has 3 aliphatic rings. The van der Waals surface area contributed by atoms with Gasteiger partial charge in [0, 0.05) is 47.8 Å². The molecule has 3 aliphatic heterocycles. The second-order valence-corrected chi connectivity index (χ2v) is 11.2. The number of azide groups is 1.